The number of nitrogens with zero attached hydrogens (tertiary/aromatic N) is 7. The summed E-state index contributed by atoms with van der Waals surface area (Å²) in [6.07, 6.45) is 0. The van der Waals surface area contributed by atoms with E-state index in [2.05, 4.69) is 30.8 Å². The van der Waals surface area contributed by atoms with E-state index in [0.29, 0.717) is 17.0 Å². The van der Waals surface area contributed by atoms with Crippen molar-refractivity contribution in [1.29, 1.82) is 0 Å². The second-order valence-electron chi connectivity index (χ2n) is 5.63. The zero-order valence-electron chi connectivity index (χ0n) is 13.1. The van der Waals surface area contributed by atoms with Gasteiger partial charge in [0, 0.05) is 24.2 Å². The Morgan fingerprint density at radius 1 is 1.23 bits per heavy atom. The van der Waals surface area contributed by atoms with Gasteiger partial charge < -0.3 is 9.47 Å². The maximum atomic E-state index is 13.3. The first-order valence-electron chi connectivity index (χ1n) is 7.56. The van der Waals surface area contributed by atoms with Gasteiger partial charge in [-0.15, -0.1) is 20.4 Å². The summed E-state index contributed by atoms with van der Waals surface area (Å²) in [4.78, 5) is 14.3. The monoisotopic (exact) mass is 380 g/mol. The fraction of sp³-hybridized carbons (Fsp3) is 0.286. The van der Waals surface area contributed by atoms with Crippen LogP contribution in [0.25, 0.3) is 11.4 Å². The molecule has 0 fully saturated rings. The van der Waals surface area contributed by atoms with Crippen molar-refractivity contribution < 1.29 is 13.6 Å². The zero-order chi connectivity index (χ0) is 18.3. The maximum Gasteiger partial charge on any atom is 0.381 e. The van der Waals surface area contributed by atoms with E-state index in [-0.39, 0.29) is 31.4 Å². The predicted molar refractivity (Wildman–Crippen MR) is 84.1 cm³/mol. The van der Waals surface area contributed by atoms with Gasteiger partial charge in [0.15, 0.2) is 5.82 Å². The number of rotatable bonds is 3. The van der Waals surface area contributed by atoms with E-state index in [1.165, 1.54) is 9.47 Å². The first kappa shape index (κ1) is 16.5. The van der Waals surface area contributed by atoms with Crippen molar-refractivity contribution >= 4 is 17.5 Å². The number of hydrogen-bond donors (Lipinski definition) is 1. The summed E-state index contributed by atoms with van der Waals surface area (Å²) in [5.41, 5.74) is 1.05. The molecule has 0 bridgehead atoms. The molecule has 1 N–H and O–H groups in total. The summed E-state index contributed by atoms with van der Waals surface area (Å²) in [5, 5.41) is 17.2. The number of amides is 1. The number of fused-ring (bicyclic) bond motifs is 1. The Labute approximate surface area is 150 Å². The molecule has 26 heavy (non-hydrogen) atoms. The minimum Gasteiger partial charge on any atom is -0.329 e. The topological polar surface area (TPSA) is 105 Å². The van der Waals surface area contributed by atoms with E-state index in [9.17, 15) is 13.6 Å². The summed E-state index contributed by atoms with van der Waals surface area (Å²) < 4.78 is 27.9. The minimum absolute atomic E-state index is 0.0608. The van der Waals surface area contributed by atoms with Crippen LogP contribution in [-0.2, 0) is 18.5 Å². The molecule has 1 aliphatic rings. The molecule has 3 aromatic rings. The Kier molecular flexibility index (Phi) is 3.87. The SMILES string of the molecule is O=C(c1cccc(-c2nn[nH]n2)c1)N1CCn2c(nnc2C(F)(F)Cl)C1. The van der Waals surface area contributed by atoms with Gasteiger partial charge in [0.1, 0.15) is 0 Å². The highest BCUT2D eigenvalue weighted by atomic mass is 35.5. The van der Waals surface area contributed by atoms with Crippen molar-refractivity contribution in [1.82, 2.24) is 40.3 Å². The summed E-state index contributed by atoms with van der Waals surface area (Å²) >= 11 is 5.04. The van der Waals surface area contributed by atoms with Gasteiger partial charge in [-0.3, -0.25) is 4.79 Å². The lowest BCUT2D eigenvalue weighted by Crippen LogP contribution is -2.39. The molecule has 12 heteroatoms. The van der Waals surface area contributed by atoms with Crippen LogP contribution in [0.15, 0.2) is 24.3 Å². The molecule has 4 rings (SSSR count). The number of aromatic nitrogens is 7. The number of tetrazole rings is 1. The molecule has 3 heterocycles. The third kappa shape index (κ3) is 2.90. The number of hydrogen-bond acceptors (Lipinski definition) is 6. The van der Waals surface area contributed by atoms with E-state index in [4.69, 9.17) is 11.6 Å². The summed E-state index contributed by atoms with van der Waals surface area (Å²) in [5.74, 6) is -0.245. The lowest BCUT2D eigenvalue weighted by molar-refractivity contribution is 0.0662. The second-order valence-corrected chi connectivity index (χ2v) is 6.11. The molecule has 0 saturated carbocycles. The van der Waals surface area contributed by atoms with Crippen LogP contribution in [-0.4, -0.2) is 52.7 Å². The molecule has 0 unspecified atom stereocenters. The lowest BCUT2D eigenvalue weighted by atomic mass is 10.1. The van der Waals surface area contributed by atoms with Gasteiger partial charge in [0.25, 0.3) is 5.91 Å². The molecule has 1 aliphatic heterocycles. The first-order valence-corrected chi connectivity index (χ1v) is 7.94. The number of aromatic amines is 1. The van der Waals surface area contributed by atoms with E-state index in [0.717, 1.165) is 0 Å². The molecule has 0 spiro atoms. The van der Waals surface area contributed by atoms with Crippen molar-refractivity contribution in [3.05, 3.63) is 41.5 Å². The Balaban J connectivity index is 1.57. The third-order valence-electron chi connectivity index (χ3n) is 4.01. The number of nitrogens with one attached hydrogen (secondary N) is 1. The highest BCUT2D eigenvalue weighted by Crippen LogP contribution is 2.32. The molecular weight excluding hydrogens is 370 g/mol. The normalized spacial score (nSPS) is 14.3. The van der Waals surface area contributed by atoms with Crippen LogP contribution in [0.1, 0.15) is 22.0 Å². The number of H-pyrrole nitrogens is 1. The summed E-state index contributed by atoms with van der Waals surface area (Å²) in [7, 11) is 0. The molecule has 2 aromatic heterocycles. The number of alkyl halides is 3. The largest absolute Gasteiger partial charge is 0.381 e. The van der Waals surface area contributed by atoms with E-state index in [1.54, 1.807) is 24.3 Å². The smallest absolute Gasteiger partial charge is 0.329 e. The van der Waals surface area contributed by atoms with Gasteiger partial charge in [0.2, 0.25) is 11.6 Å². The van der Waals surface area contributed by atoms with Crippen LogP contribution >= 0.6 is 11.6 Å². The fourth-order valence-corrected chi connectivity index (χ4v) is 2.94. The fourth-order valence-electron chi connectivity index (χ4n) is 2.80. The quantitative estimate of drug-likeness (QED) is 0.688. The van der Waals surface area contributed by atoms with Crippen LogP contribution in [0.2, 0.25) is 0 Å². The van der Waals surface area contributed by atoms with Crippen LogP contribution in [0.4, 0.5) is 8.78 Å². The number of carbonyl (C=O) groups is 1. The van der Waals surface area contributed by atoms with Gasteiger partial charge in [-0.25, -0.2) is 0 Å². The van der Waals surface area contributed by atoms with Crippen molar-refractivity contribution in [2.24, 2.45) is 0 Å². The Morgan fingerprint density at radius 2 is 2.08 bits per heavy atom. The molecule has 0 aliphatic carbocycles. The Hall–Kier alpha value is -2.95. The summed E-state index contributed by atoms with van der Waals surface area (Å²) in [6, 6.07) is 6.76. The molecule has 1 aromatic carbocycles. The average Bonchev–Trinajstić information content (AvgIpc) is 3.29. The third-order valence-corrected chi connectivity index (χ3v) is 4.18. The molecule has 9 nitrogen and oxygen atoms in total. The second kappa shape index (κ2) is 6.09. The van der Waals surface area contributed by atoms with Gasteiger partial charge >= 0.3 is 5.38 Å². The minimum atomic E-state index is -3.60. The number of carbonyl (C=O) groups excluding carboxylic acids is 1. The summed E-state index contributed by atoms with van der Waals surface area (Å²) in [6.45, 7) is 0.428. The van der Waals surface area contributed by atoms with Gasteiger partial charge in [-0.1, -0.05) is 12.1 Å². The van der Waals surface area contributed by atoms with Crippen molar-refractivity contribution in [2.45, 2.75) is 18.5 Å². The highest BCUT2D eigenvalue weighted by Gasteiger charge is 2.37. The van der Waals surface area contributed by atoms with Crippen LogP contribution in [0.3, 0.4) is 0 Å². The standard InChI is InChI=1S/C14H11ClF2N8O/c15-14(16,17)13-21-18-10-7-24(4-5-25(10)13)12(26)9-3-1-2-8(6-9)11-19-22-23-20-11/h1-3,6H,4-5,7H2,(H,19,20,22,23). The molecule has 0 radical (unpaired) electrons. The average molecular weight is 381 g/mol. The van der Waals surface area contributed by atoms with E-state index >= 15 is 0 Å². The van der Waals surface area contributed by atoms with Gasteiger partial charge in [0.05, 0.1) is 6.54 Å². The van der Waals surface area contributed by atoms with Crippen LogP contribution < -0.4 is 0 Å². The predicted octanol–water partition coefficient (Wildman–Crippen LogP) is 1.40. The molecule has 0 saturated heterocycles. The van der Waals surface area contributed by atoms with Gasteiger partial charge in [-0.05, 0) is 28.9 Å². The zero-order valence-corrected chi connectivity index (χ0v) is 13.9. The molecule has 134 valence electrons. The van der Waals surface area contributed by atoms with Crippen LogP contribution in [0, 0.1) is 0 Å². The number of halogens is 3. The molecular formula is C14H11ClF2N8O. The number of benzene rings is 1. The van der Waals surface area contributed by atoms with Crippen LogP contribution in [0.5, 0.6) is 0 Å². The molecule has 0 atom stereocenters. The Morgan fingerprint density at radius 3 is 2.81 bits per heavy atom. The Bertz CT molecular complexity index is 952. The highest BCUT2D eigenvalue weighted by molar-refractivity contribution is 6.21. The molecule has 1 amide bonds. The van der Waals surface area contributed by atoms with Crippen molar-refractivity contribution in [3.63, 3.8) is 0 Å². The lowest BCUT2D eigenvalue weighted by Gasteiger charge is -2.28. The maximum absolute atomic E-state index is 13.3. The van der Waals surface area contributed by atoms with E-state index < -0.39 is 11.2 Å². The van der Waals surface area contributed by atoms with E-state index in [1.807, 2.05) is 0 Å². The van der Waals surface area contributed by atoms with Gasteiger partial charge in [-0.2, -0.15) is 14.0 Å². The van der Waals surface area contributed by atoms with Crippen molar-refractivity contribution in [2.75, 3.05) is 6.54 Å². The van der Waals surface area contributed by atoms with Crippen molar-refractivity contribution in [3.8, 4) is 11.4 Å². The first-order chi connectivity index (χ1) is 12.4.